The summed E-state index contributed by atoms with van der Waals surface area (Å²) in [5.74, 6) is 1.68. The molecule has 0 spiro atoms. The molecule has 4 nitrogen and oxygen atoms in total. The Morgan fingerprint density at radius 3 is 2.95 bits per heavy atom. The van der Waals surface area contributed by atoms with Crippen LogP contribution >= 0.6 is 0 Å². The number of fused-ring (bicyclic) bond motifs is 3. The van der Waals surface area contributed by atoms with E-state index in [2.05, 4.69) is 48.6 Å². The lowest BCUT2D eigenvalue weighted by molar-refractivity contribution is 0.0951. The Kier molecular flexibility index (Phi) is 3.89. The molecular weight excluding hydrogens is 262 g/mol. The molecule has 1 saturated heterocycles. The number of nitrogens with one attached hydrogen (secondary N) is 2. The lowest BCUT2D eigenvalue weighted by atomic mass is 9.87. The van der Waals surface area contributed by atoms with E-state index >= 15 is 0 Å². The maximum absolute atomic E-state index is 12.4. The minimum absolute atomic E-state index is 0.0789. The molecule has 2 atom stereocenters. The third-order valence-electron chi connectivity index (χ3n) is 4.56. The van der Waals surface area contributed by atoms with Crippen LogP contribution < -0.4 is 10.6 Å². The summed E-state index contributed by atoms with van der Waals surface area (Å²) in [5.41, 5.74) is 3.11. The minimum atomic E-state index is 0.0789. The topological polar surface area (TPSA) is 44.4 Å². The highest BCUT2D eigenvalue weighted by Gasteiger charge is 2.36. The number of anilines is 1. The number of likely N-dealkylation sites (tertiary alicyclic amines) is 1. The first kappa shape index (κ1) is 14.4. The Labute approximate surface area is 126 Å². The van der Waals surface area contributed by atoms with Gasteiger partial charge in [-0.05, 0) is 36.6 Å². The van der Waals surface area contributed by atoms with Crippen molar-refractivity contribution < 1.29 is 4.79 Å². The van der Waals surface area contributed by atoms with Gasteiger partial charge in [0, 0.05) is 43.3 Å². The molecule has 1 amide bonds. The van der Waals surface area contributed by atoms with Crippen LogP contribution in [0.15, 0.2) is 18.2 Å². The molecule has 0 unspecified atom stereocenters. The molecule has 0 saturated carbocycles. The first-order valence-electron chi connectivity index (χ1n) is 7.89. The van der Waals surface area contributed by atoms with Crippen molar-refractivity contribution in [3.63, 3.8) is 0 Å². The summed E-state index contributed by atoms with van der Waals surface area (Å²) in [4.78, 5) is 14.7. The number of nitrogens with zero attached hydrogens (tertiary/aromatic N) is 1. The second-order valence-corrected chi connectivity index (χ2v) is 6.87. The predicted octanol–water partition coefficient (Wildman–Crippen LogP) is 2.14. The minimum Gasteiger partial charge on any atom is -0.385 e. The predicted molar refractivity (Wildman–Crippen MR) is 85.8 cm³/mol. The molecule has 0 radical (unpaired) electrons. The highest BCUT2D eigenvalue weighted by molar-refractivity contribution is 5.97. The third-order valence-corrected chi connectivity index (χ3v) is 4.56. The van der Waals surface area contributed by atoms with Gasteiger partial charge in [-0.3, -0.25) is 4.79 Å². The van der Waals surface area contributed by atoms with E-state index in [1.807, 2.05) is 6.07 Å². The Bertz CT molecular complexity index is 541. The van der Waals surface area contributed by atoms with Crippen LogP contribution in [0.4, 0.5) is 5.69 Å². The fourth-order valence-electron chi connectivity index (χ4n) is 3.47. The molecule has 2 aliphatic heterocycles. The van der Waals surface area contributed by atoms with Crippen LogP contribution in [0.25, 0.3) is 0 Å². The van der Waals surface area contributed by atoms with Crippen molar-refractivity contribution in [3.05, 3.63) is 29.3 Å². The Morgan fingerprint density at radius 2 is 2.19 bits per heavy atom. The van der Waals surface area contributed by atoms with Crippen molar-refractivity contribution in [1.82, 2.24) is 10.2 Å². The van der Waals surface area contributed by atoms with Gasteiger partial charge in [0.25, 0.3) is 5.91 Å². The third kappa shape index (κ3) is 2.91. The summed E-state index contributed by atoms with van der Waals surface area (Å²) >= 11 is 0. The molecule has 1 aromatic rings. The number of hydrogen-bond acceptors (Lipinski definition) is 3. The zero-order valence-corrected chi connectivity index (χ0v) is 13.1. The van der Waals surface area contributed by atoms with Gasteiger partial charge in [0.2, 0.25) is 0 Å². The smallest absolute Gasteiger partial charge is 0.251 e. The summed E-state index contributed by atoms with van der Waals surface area (Å²) < 4.78 is 0. The number of benzene rings is 1. The van der Waals surface area contributed by atoms with Crippen molar-refractivity contribution in [2.75, 3.05) is 38.5 Å². The van der Waals surface area contributed by atoms with E-state index in [0.717, 1.165) is 37.4 Å². The zero-order chi connectivity index (χ0) is 15.0. The van der Waals surface area contributed by atoms with Crippen molar-refractivity contribution in [2.24, 2.45) is 11.8 Å². The number of rotatable bonds is 3. The van der Waals surface area contributed by atoms with E-state index < -0.39 is 0 Å². The van der Waals surface area contributed by atoms with Crippen LogP contribution in [0.2, 0.25) is 0 Å². The standard InChI is InChI=1S/C17H25N3O/c1-11(2)7-18-13-4-5-14-15(6-13)17(21)19-8-12-9-20(3)10-16(12)14/h4-6,11-12,16,18H,7-10H2,1-3H3,(H,19,21)/t12-,16-/m1/s1. The summed E-state index contributed by atoms with van der Waals surface area (Å²) in [5, 5.41) is 6.50. The molecule has 3 rings (SSSR count). The molecular formula is C17H25N3O. The monoisotopic (exact) mass is 287 g/mol. The Morgan fingerprint density at radius 1 is 1.38 bits per heavy atom. The first-order chi connectivity index (χ1) is 10.0. The largest absolute Gasteiger partial charge is 0.385 e. The highest BCUT2D eigenvalue weighted by atomic mass is 16.1. The van der Waals surface area contributed by atoms with Crippen molar-refractivity contribution in [2.45, 2.75) is 19.8 Å². The molecule has 114 valence electrons. The van der Waals surface area contributed by atoms with Gasteiger partial charge >= 0.3 is 0 Å². The van der Waals surface area contributed by atoms with Crippen LogP contribution in [0, 0.1) is 11.8 Å². The van der Waals surface area contributed by atoms with Crippen LogP contribution in [-0.4, -0.2) is 44.0 Å². The molecule has 2 N–H and O–H groups in total. The quantitative estimate of drug-likeness (QED) is 0.895. The maximum atomic E-state index is 12.4. The zero-order valence-electron chi connectivity index (χ0n) is 13.1. The van der Waals surface area contributed by atoms with E-state index in [4.69, 9.17) is 0 Å². The molecule has 0 aliphatic carbocycles. The van der Waals surface area contributed by atoms with Gasteiger partial charge in [0.05, 0.1) is 0 Å². The average molecular weight is 287 g/mol. The van der Waals surface area contributed by atoms with Crippen molar-refractivity contribution in [1.29, 1.82) is 0 Å². The van der Waals surface area contributed by atoms with Crippen LogP contribution in [0.3, 0.4) is 0 Å². The number of hydrogen-bond donors (Lipinski definition) is 2. The van der Waals surface area contributed by atoms with Gasteiger partial charge in [-0.15, -0.1) is 0 Å². The van der Waals surface area contributed by atoms with E-state index in [1.165, 1.54) is 5.56 Å². The summed E-state index contributed by atoms with van der Waals surface area (Å²) in [7, 11) is 2.16. The lowest BCUT2D eigenvalue weighted by Crippen LogP contribution is -2.29. The fraction of sp³-hybridized carbons (Fsp3) is 0.588. The molecule has 1 fully saturated rings. The maximum Gasteiger partial charge on any atom is 0.251 e. The van der Waals surface area contributed by atoms with Gasteiger partial charge < -0.3 is 15.5 Å². The normalized spacial score (nSPS) is 25.2. The molecule has 0 aromatic heterocycles. The molecule has 1 aromatic carbocycles. The molecule has 4 heteroatoms. The van der Waals surface area contributed by atoms with E-state index in [0.29, 0.717) is 17.8 Å². The summed E-state index contributed by atoms with van der Waals surface area (Å²) in [6, 6.07) is 6.29. The van der Waals surface area contributed by atoms with Gasteiger partial charge in [0.1, 0.15) is 0 Å². The molecule has 0 bridgehead atoms. The van der Waals surface area contributed by atoms with Gasteiger partial charge in [-0.1, -0.05) is 19.9 Å². The fourth-order valence-corrected chi connectivity index (χ4v) is 3.47. The van der Waals surface area contributed by atoms with E-state index in [-0.39, 0.29) is 5.91 Å². The van der Waals surface area contributed by atoms with Crippen LogP contribution in [0.1, 0.15) is 35.7 Å². The average Bonchev–Trinajstić information content (AvgIpc) is 2.77. The number of likely N-dealkylation sites (N-methyl/N-ethyl adjacent to an activating group) is 1. The second-order valence-electron chi connectivity index (χ2n) is 6.87. The Hall–Kier alpha value is -1.55. The van der Waals surface area contributed by atoms with Crippen molar-refractivity contribution >= 4 is 11.6 Å². The number of carbonyl (C=O) groups excluding carboxylic acids is 1. The number of amides is 1. The summed E-state index contributed by atoms with van der Waals surface area (Å²) in [6.07, 6.45) is 0. The van der Waals surface area contributed by atoms with E-state index in [9.17, 15) is 4.79 Å². The van der Waals surface area contributed by atoms with Gasteiger partial charge in [-0.2, -0.15) is 0 Å². The van der Waals surface area contributed by atoms with Crippen LogP contribution in [-0.2, 0) is 0 Å². The molecule has 21 heavy (non-hydrogen) atoms. The van der Waals surface area contributed by atoms with Crippen LogP contribution in [0.5, 0.6) is 0 Å². The first-order valence-corrected chi connectivity index (χ1v) is 7.89. The second kappa shape index (κ2) is 5.68. The van der Waals surface area contributed by atoms with E-state index in [1.54, 1.807) is 0 Å². The van der Waals surface area contributed by atoms with Gasteiger partial charge in [0.15, 0.2) is 0 Å². The SMILES string of the molecule is CC(C)CNc1ccc2c(c1)C(=O)NC[C@@H]1CN(C)C[C@@H]21. The molecule has 2 aliphatic rings. The van der Waals surface area contributed by atoms with Crippen molar-refractivity contribution in [3.8, 4) is 0 Å². The Balaban J connectivity index is 1.90. The van der Waals surface area contributed by atoms with Gasteiger partial charge in [-0.25, -0.2) is 0 Å². The lowest BCUT2D eigenvalue weighted by Gasteiger charge is -2.17. The molecule has 2 heterocycles. The summed E-state index contributed by atoms with van der Waals surface area (Å²) in [6.45, 7) is 8.19. The number of carbonyl (C=O) groups is 1. The highest BCUT2D eigenvalue weighted by Crippen LogP contribution is 2.36.